The predicted octanol–water partition coefficient (Wildman–Crippen LogP) is 3.13. The Labute approximate surface area is 109 Å². The number of anilines is 2. The van der Waals surface area contributed by atoms with Gasteiger partial charge in [-0.15, -0.1) is 0 Å². The lowest BCUT2D eigenvalue weighted by molar-refractivity contribution is 0.415. The predicted molar refractivity (Wildman–Crippen MR) is 76.5 cm³/mol. The minimum Gasteiger partial charge on any atom is -0.497 e. The molecule has 0 aliphatic rings. The summed E-state index contributed by atoms with van der Waals surface area (Å²) in [4.78, 5) is 0.366. The highest BCUT2D eigenvalue weighted by atomic mass is 32.1. The van der Waals surface area contributed by atoms with E-state index in [1.807, 2.05) is 35.0 Å². The van der Waals surface area contributed by atoms with Crippen LogP contribution in [0.2, 0.25) is 0 Å². The second-order valence-electron chi connectivity index (χ2n) is 3.41. The Kier molecular flexibility index (Phi) is 3.61. The molecule has 5 heteroatoms. The Morgan fingerprint density at radius 3 is 2.82 bits per heavy atom. The van der Waals surface area contributed by atoms with E-state index in [9.17, 15) is 0 Å². The van der Waals surface area contributed by atoms with E-state index in [-0.39, 0.29) is 0 Å². The fourth-order valence-electron chi connectivity index (χ4n) is 1.46. The zero-order chi connectivity index (χ0) is 12.3. The molecule has 88 valence electrons. The Hall–Kier alpha value is -1.59. The van der Waals surface area contributed by atoms with Crippen molar-refractivity contribution in [1.82, 2.24) is 0 Å². The molecule has 0 aliphatic heterocycles. The lowest BCUT2D eigenvalue weighted by atomic mass is 10.1. The first-order valence-electron chi connectivity index (χ1n) is 4.98. The number of thiocarbonyl (C=S) groups is 1. The summed E-state index contributed by atoms with van der Waals surface area (Å²) in [5, 5.41) is 7.29. The van der Waals surface area contributed by atoms with E-state index >= 15 is 0 Å². The molecular formula is C12H12N2OS2. The zero-order valence-corrected chi connectivity index (χ0v) is 10.9. The maximum Gasteiger partial charge on any atom is 0.120 e. The molecule has 2 rings (SSSR count). The van der Waals surface area contributed by atoms with Crippen molar-refractivity contribution in [2.45, 2.75) is 0 Å². The van der Waals surface area contributed by atoms with Crippen LogP contribution in [0.5, 0.6) is 5.75 Å². The van der Waals surface area contributed by atoms with E-state index in [2.05, 4.69) is 5.32 Å². The molecule has 17 heavy (non-hydrogen) atoms. The van der Waals surface area contributed by atoms with E-state index in [1.165, 1.54) is 0 Å². The highest BCUT2D eigenvalue weighted by Crippen LogP contribution is 2.26. The molecule has 3 N–H and O–H groups in total. The molecular weight excluding hydrogens is 252 g/mol. The number of hydrogen-bond acceptors (Lipinski definition) is 4. The molecule has 0 saturated carbocycles. The number of ether oxygens (including phenoxy) is 1. The topological polar surface area (TPSA) is 47.3 Å². The summed E-state index contributed by atoms with van der Waals surface area (Å²) >= 11 is 6.65. The SMILES string of the molecule is COc1ccc(C(N)=S)c(Nc2ccsc2)c1. The Balaban J connectivity index is 2.38. The molecule has 0 atom stereocenters. The monoisotopic (exact) mass is 264 g/mol. The molecule has 0 spiro atoms. The van der Waals surface area contributed by atoms with Crippen LogP contribution in [0.4, 0.5) is 11.4 Å². The number of nitrogens with one attached hydrogen (secondary N) is 1. The van der Waals surface area contributed by atoms with Gasteiger partial charge in [0.2, 0.25) is 0 Å². The van der Waals surface area contributed by atoms with Gasteiger partial charge < -0.3 is 15.8 Å². The summed E-state index contributed by atoms with van der Waals surface area (Å²) in [5.41, 5.74) is 8.37. The Morgan fingerprint density at radius 1 is 1.41 bits per heavy atom. The quantitative estimate of drug-likeness (QED) is 0.833. The van der Waals surface area contributed by atoms with E-state index in [0.29, 0.717) is 4.99 Å². The smallest absolute Gasteiger partial charge is 0.120 e. The molecule has 0 unspecified atom stereocenters. The summed E-state index contributed by atoms with van der Waals surface area (Å²) in [6.07, 6.45) is 0. The largest absolute Gasteiger partial charge is 0.497 e. The lowest BCUT2D eigenvalue weighted by Gasteiger charge is -2.11. The fourth-order valence-corrected chi connectivity index (χ4v) is 2.23. The third kappa shape index (κ3) is 2.75. The highest BCUT2D eigenvalue weighted by Gasteiger charge is 2.07. The average molecular weight is 264 g/mol. The minimum absolute atomic E-state index is 0.366. The fraction of sp³-hybridized carbons (Fsp3) is 0.0833. The first kappa shape index (κ1) is 11.9. The molecule has 1 aromatic carbocycles. The molecule has 0 saturated heterocycles. The van der Waals surface area contributed by atoms with Gasteiger partial charge in [-0.3, -0.25) is 0 Å². The Morgan fingerprint density at radius 2 is 2.24 bits per heavy atom. The van der Waals surface area contributed by atoms with Crippen molar-refractivity contribution in [3.63, 3.8) is 0 Å². The van der Waals surface area contributed by atoms with Crippen LogP contribution in [0.1, 0.15) is 5.56 Å². The maximum absolute atomic E-state index is 5.69. The van der Waals surface area contributed by atoms with Crippen molar-refractivity contribution in [1.29, 1.82) is 0 Å². The summed E-state index contributed by atoms with van der Waals surface area (Å²) in [6, 6.07) is 7.57. The van der Waals surface area contributed by atoms with Crippen LogP contribution in [0.25, 0.3) is 0 Å². The van der Waals surface area contributed by atoms with E-state index in [0.717, 1.165) is 22.7 Å². The molecule has 0 radical (unpaired) electrons. The van der Waals surface area contributed by atoms with Gasteiger partial charge in [0.05, 0.1) is 12.8 Å². The van der Waals surface area contributed by atoms with Crippen LogP contribution < -0.4 is 15.8 Å². The summed E-state index contributed by atoms with van der Waals surface area (Å²) < 4.78 is 5.19. The van der Waals surface area contributed by atoms with Crippen LogP contribution in [-0.4, -0.2) is 12.1 Å². The Bertz CT molecular complexity index is 523. The van der Waals surface area contributed by atoms with Crippen LogP contribution >= 0.6 is 23.6 Å². The van der Waals surface area contributed by atoms with Crippen molar-refractivity contribution in [3.8, 4) is 5.75 Å². The van der Waals surface area contributed by atoms with Gasteiger partial charge in [0.1, 0.15) is 10.7 Å². The van der Waals surface area contributed by atoms with Gasteiger partial charge in [-0.25, -0.2) is 0 Å². The number of methoxy groups -OCH3 is 1. The van der Waals surface area contributed by atoms with Gasteiger partial charge in [0, 0.05) is 22.7 Å². The second kappa shape index (κ2) is 5.16. The number of benzene rings is 1. The van der Waals surface area contributed by atoms with Crippen molar-refractivity contribution in [3.05, 3.63) is 40.6 Å². The normalized spacial score (nSPS) is 9.94. The standard InChI is InChI=1S/C12H12N2OS2/c1-15-9-2-3-10(12(13)16)11(6-9)14-8-4-5-17-7-8/h2-7,14H,1H3,(H2,13,16). The molecule has 0 amide bonds. The van der Waals surface area contributed by atoms with Crippen molar-refractivity contribution in [2.24, 2.45) is 5.73 Å². The maximum atomic E-state index is 5.69. The van der Waals surface area contributed by atoms with Crippen molar-refractivity contribution >= 4 is 39.9 Å². The van der Waals surface area contributed by atoms with Gasteiger partial charge in [-0.1, -0.05) is 12.2 Å². The molecule has 1 aromatic heterocycles. The molecule has 0 aliphatic carbocycles. The highest BCUT2D eigenvalue weighted by molar-refractivity contribution is 7.80. The van der Waals surface area contributed by atoms with E-state index in [4.69, 9.17) is 22.7 Å². The molecule has 2 aromatic rings. The van der Waals surface area contributed by atoms with E-state index in [1.54, 1.807) is 18.4 Å². The van der Waals surface area contributed by atoms with E-state index < -0.39 is 0 Å². The molecule has 0 bridgehead atoms. The number of thiophene rings is 1. The molecule has 0 fully saturated rings. The third-order valence-electron chi connectivity index (χ3n) is 2.29. The summed E-state index contributed by atoms with van der Waals surface area (Å²) in [5.74, 6) is 0.766. The minimum atomic E-state index is 0.366. The second-order valence-corrected chi connectivity index (χ2v) is 4.63. The van der Waals surface area contributed by atoms with Crippen LogP contribution in [0.3, 0.4) is 0 Å². The van der Waals surface area contributed by atoms with Gasteiger partial charge in [0.15, 0.2) is 0 Å². The van der Waals surface area contributed by atoms with Crippen LogP contribution in [-0.2, 0) is 0 Å². The average Bonchev–Trinajstić information content (AvgIpc) is 2.81. The first-order valence-corrected chi connectivity index (χ1v) is 6.33. The molecule has 3 nitrogen and oxygen atoms in total. The van der Waals surface area contributed by atoms with Gasteiger partial charge in [0.25, 0.3) is 0 Å². The van der Waals surface area contributed by atoms with Crippen molar-refractivity contribution in [2.75, 3.05) is 12.4 Å². The van der Waals surface area contributed by atoms with Gasteiger partial charge in [-0.05, 0) is 23.6 Å². The third-order valence-corrected chi connectivity index (χ3v) is 3.20. The number of rotatable bonds is 4. The zero-order valence-electron chi connectivity index (χ0n) is 9.27. The summed E-state index contributed by atoms with van der Waals surface area (Å²) in [7, 11) is 1.63. The summed E-state index contributed by atoms with van der Waals surface area (Å²) in [6.45, 7) is 0. The lowest BCUT2D eigenvalue weighted by Crippen LogP contribution is -2.11. The number of nitrogens with two attached hydrogens (primary N) is 1. The van der Waals surface area contributed by atoms with Gasteiger partial charge >= 0.3 is 0 Å². The number of hydrogen-bond donors (Lipinski definition) is 2. The van der Waals surface area contributed by atoms with Crippen LogP contribution in [0.15, 0.2) is 35.0 Å². The van der Waals surface area contributed by atoms with Crippen LogP contribution in [0, 0.1) is 0 Å². The molecule has 1 heterocycles. The van der Waals surface area contributed by atoms with Crippen molar-refractivity contribution < 1.29 is 4.74 Å². The van der Waals surface area contributed by atoms with Gasteiger partial charge in [-0.2, -0.15) is 11.3 Å². The first-order chi connectivity index (χ1) is 8.20.